The summed E-state index contributed by atoms with van der Waals surface area (Å²) in [6.07, 6.45) is 5.31. The number of nitrogen functional groups attached to an aromatic ring is 1. The molecule has 6 heteroatoms. The molecule has 0 spiro atoms. The molecule has 0 bridgehead atoms. The molecule has 17 heavy (non-hydrogen) atoms. The van der Waals surface area contributed by atoms with Gasteiger partial charge in [0.2, 0.25) is 5.95 Å². The Hall–Kier alpha value is -1.85. The second kappa shape index (κ2) is 3.87. The summed E-state index contributed by atoms with van der Waals surface area (Å²) in [6, 6.07) is 0.490. The number of rotatable bonds is 1. The molecule has 1 fully saturated rings. The van der Waals surface area contributed by atoms with E-state index in [1.54, 1.807) is 6.33 Å². The van der Waals surface area contributed by atoms with E-state index >= 15 is 0 Å². The molecule has 1 aliphatic rings. The number of piperidine rings is 1. The molecule has 1 aliphatic heterocycles. The Balaban J connectivity index is 2.11. The van der Waals surface area contributed by atoms with E-state index < -0.39 is 0 Å². The van der Waals surface area contributed by atoms with Crippen molar-refractivity contribution < 1.29 is 0 Å². The Labute approximate surface area is 99.3 Å². The van der Waals surface area contributed by atoms with Crippen LogP contribution in [0.15, 0.2) is 6.33 Å². The van der Waals surface area contributed by atoms with Crippen molar-refractivity contribution in [2.24, 2.45) is 0 Å². The fourth-order valence-corrected chi connectivity index (χ4v) is 2.45. The van der Waals surface area contributed by atoms with Gasteiger partial charge in [0.1, 0.15) is 5.52 Å². The van der Waals surface area contributed by atoms with Gasteiger partial charge < -0.3 is 15.6 Å². The van der Waals surface area contributed by atoms with E-state index in [1.807, 2.05) is 0 Å². The smallest absolute Gasteiger partial charge is 0.224 e. The molecule has 3 heterocycles. The Morgan fingerprint density at radius 2 is 2.29 bits per heavy atom. The Bertz CT molecular complexity index is 534. The topological polar surface area (TPSA) is 83.7 Å². The van der Waals surface area contributed by atoms with Gasteiger partial charge in [0.25, 0.3) is 0 Å². The molecule has 2 aromatic heterocycles. The number of hydrogen-bond acceptors (Lipinski definition) is 5. The van der Waals surface area contributed by atoms with Crippen LogP contribution in [0.4, 0.5) is 11.8 Å². The molecule has 6 nitrogen and oxygen atoms in total. The second-order valence-corrected chi connectivity index (χ2v) is 4.54. The molecule has 3 N–H and O–H groups in total. The molecular weight excluding hydrogens is 216 g/mol. The standard InChI is InChI=1S/C11H16N6/c1-7-4-2-3-5-17(7)10-8-9(14-6-13-8)15-11(12)16-10/h6-7H,2-5H2,1H3,(H3,12,13,14,15,16). The maximum atomic E-state index is 5.73. The van der Waals surface area contributed by atoms with Gasteiger partial charge in [0, 0.05) is 12.6 Å². The summed E-state index contributed by atoms with van der Waals surface area (Å²) >= 11 is 0. The minimum absolute atomic E-state index is 0.289. The van der Waals surface area contributed by atoms with Gasteiger partial charge in [0.05, 0.1) is 6.33 Å². The molecule has 3 rings (SSSR count). The van der Waals surface area contributed by atoms with Crippen LogP contribution in [-0.4, -0.2) is 32.5 Å². The lowest BCUT2D eigenvalue weighted by Gasteiger charge is -2.34. The van der Waals surface area contributed by atoms with Crippen LogP contribution in [0.2, 0.25) is 0 Å². The van der Waals surface area contributed by atoms with Crippen LogP contribution < -0.4 is 10.6 Å². The molecule has 0 aliphatic carbocycles. The monoisotopic (exact) mass is 232 g/mol. The molecule has 0 amide bonds. The lowest BCUT2D eigenvalue weighted by Crippen LogP contribution is -2.38. The number of imidazole rings is 1. The maximum absolute atomic E-state index is 5.73. The summed E-state index contributed by atoms with van der Waals surface area (Å²) in [5.74, 6) is 1.18. The molecule has 1 unspecified atom stereocenters. The quantitative estimate of drug-likeness (QED) is 0.774. The average molecular weight is 232 g/mol. The fraction of sp³-hybridized carbons (Fsp3) is 0.545. The van der Waals surface area contributed by atoms with Gasteiger partial charge >= 0.3 is 0 Å². The van der Waals surface area contributed by atoms with E-state index in [2.05, 4.69) is 31.8 Å². The van der Waals surface area contributed by atoms with Gasteiger partial charge in [-0.25, -0.2) is 4.98 Å². The number of fused-ring (bicyclic) bond motifs is 1. The Morgan fingerprint density at radius 1 is 1.41 bits per heavy atom. The predicted octanol–water partition coefficient (Wildman–Crippen LogP) is 1.31. The third-order valence-electron chi connectivity index (χ3n) is 3.36. The van der Waals surface area contributed by atoms with Gasteiger partial charge in [-0.1, -0.05) is 0 Å². The zero-order valence-electron chi connectivity index (χ0n) is 9.85. The summed E-state index contributed by atoms with van der Waals surface area (Å²) < 4.78 is 0. The lowest BCUT2D eigenvalue weighted by molar-refractivity contribution is 0.482. The lowest BCUT2D eigenvalue weighted by atomic mass is 10.0. The SMILES string of the molecule is CC1CCCCN1c1nc(N)nc2nc[nH]c12. The number of aromatic amines is 1. The van der Waals surface area contributed by atoms with Crippen LogP contribution in [0.25, 0.3) is 11.2 Å². The number of aromatic nitrogens is 4. The van der Waals surface area contributed by atoms with Gasteiger partial charge in [-0.3, -0.25) is 0 Å². The van der Waals surface area contributed by atoms with Crippen molar-refractivity contribution in [3.8, 4) is 0 Å². The fourth-order valence-electron chi connectivity index (χ4n) is 2.45. The number of anilines is 2. The van der Waals surface area contributed by atoms with Crippen molar-refractivity contribution in [3.05, 3.63) is 6.33 Å². The first kappa shape index (κ1) is 10.3. The highest BCUT2D eigenvalue weighted by atomic mass is 15.3. The molecule has 1 atom stereocenters. The average Bonchev–Trinajstić information content (AvgIpc) is 2.76. The molecule has 90 valence electrons. The number of H-pyrrole nitrogens is 1. The highest BCUT2D eigenvalue weighted by Gasteiger charge is 2.23. The summed E-state index contributed by atoms with van der Waals surface area (Å²) in [4.78, 5) is 18.0. The minimum atomic E-state index is 0.289. The van der Waals surface area contributed by atoms with E-state index in [4.69, 9.17) is 5.73 Å². The molecular formula is C11H16N6. The third kappa shape index (κ3) is 1.69. The number of nitrogens with two attached hydrogens (primary N) is 1. The number of nitrogens with zero attached hydrogens (tertiary/aromatic N) is 4. The van der Waals surface area contributed by atoms with Gasteiger partial charge in [-0.05, 0) is 26.2 Å². The Morgan fingerprint density at radius 3 is 3.12 bits per heavy atom. The molecule has 2 aromatic rings. The van der Waals surface area contributed by atoms with Gasteiger partial charge in [0.15, 0.2) is 11.5 Å². The number of nitrogens with one attached hydrogen (secondary N) is 1. The summed E-state index contributed by atoms with van der Waals surface area (Å²) in [7, 11) is 0. The zero-order chi connectivity index (χ0) is 11.8. The van der Waals surface area contributed by atoms with E-state index in [1.165, 1.54) is 19.3 Å². The van der Waals surface area contributed by atoms with Crippen molar-refractivity contribution in [3.63, 3.8) is 0 Å². The first-order valence-corrected chi connectivity index (χ1v) is 5.99. The van der Waals surface area contributed by atoms with E-state index in [9.17, 15) is 0 Å². The van der Waals surface area contributed by atoms with Crippen molar-refractivity contribution in [2.45, 2.75) is 32.2 Å². The summed E-state index contributed by atoms with van der Waals surface area (Å²) in [5, 5.41) is 0. The maximum Gasteiger partial charge on any atom is 0.224 e. The minimum Gasteiger partial charge on any atom is -0.368 e. The van der Waals surface area contributed by atoms with E-state index in [0.29, 0.717) is 11.7 Å². The van der Waals surface area contributed by atoms with Gasteiger partial charge in [-0.2, -0.15) is 9.97 Å². The van der Waals surface area contributed by atoms with Crippen LogP contribution in [-0.2, 0) is 0 Å². The van der Waals surface area contributed by atoms with Gasteiger partial charge in [-0.15, -0.1) is 0 Å². The van der Waals surface area contributed by atoms with Crippen LogP contribution in [0.5, 0.6) is 0 Å². The number of hydrogen-bond donors (Lipinski definition) is 2. The normalized spacial score (nSPS) is 21.0. The van der Waals surface area contributed by atoms with Crippen molar-refractivity contribution in [1.82, 2.24) is 19.9 Å². The Kier molecular flexibility index (Phi) is 2.35. The van der Waals surface area contributed by atoms with E-state index in [-0.39, 0.29) is 5.95 Å². The largest absolute Gasteiger partial charge is 0.368 e. The molecule has 1 saturated heterocycles. The van der Waals surface area contributed by atoms with Crippen LogP contribution in [0, 0.1) is 0 Å². The van der Waals surface area contributed by atoms with Crippen molar-refractivity contribution in [2.75, 3.05) is 17.2 Å². The van der Waals surface area contributed by atoms with Crippen LogP contribution in [0.1, 0.15) is 26.2 Å². The first-order valence-electron chi connectivity index (χ1n) is 5.99. The highest BCUT2D eigenvalue weighted by Crippen LogP contribution is 2.27. The third-order valence-corrected chi connectivity index (χ3v) is 3.36. The van der Waals surface area contributed by atoms with Crippen molar-refractivity contribution in [1.29, 1.82) is 0 Å². The predicted molar refractivity (Wildman–Crippen MR) is 66.8 cm³/mol. The van der Waals surface area contributed by atoms with Crippen molar-refractivity contribution >= 4 is 22.9 Å². The summed E-state index contributed by atoms with van der Waals surface area (Å²) in [5.41, 5.74) is 7.26. The van der Waals surface area contributed by atoms with E-state index in [0.717, 1.165) is 17.9 Å². The molecule has 0 saturated carbocycles. The molecule has 0 radical (unpaired) electrons. The molecule has 0 aromatic carbocycles. The van der Waals surface area contributed by atoms with Crippen LogP contribution in [0.3, 0.4) is 0 Å². The highest BCUT2D eigenvalue weighted by molar-refractivity contribution is 5.84. The zero-order valence-corrected chi connectivity index (χ0v) is 9.85. The summed E-state index contributed by atoms with van der Waals surface area (Å²) in [6.45, 7) is 3.24. The first-order chi connectivity index (χ1) is 8.25. The van der Waals surface area contributed by atoms with Crippen LogP contribution >= 0.6 is 0 Å². The second-order valence-electron chi connectivity index (χ2n) is 4.54.